The number of benzene rings is 1. The molecule has 0 fully saturated rings. The molecule has 0 aliphatic rings. The van der Waals surface area contributed by atoms with Crippen LogP contribution in [0.5, 0.6) is 0 Å². The third-order valence-corrected chi connectivity index (χ3v) is 3.49. The lowest BCUT2D eigenvalue weighted by Crippen LogP contribution is -2.01. The van der Waals surface area contributed by atoms with Crippen LogP contribution in [0, 0.1) is 0 Å². The summed E-state index contributed by atoms with van der Waals surface area (Å²) in [4.78, 5) is 4.15. The molecule has 0 atom stereocenters. The summed E-state index contributed by atoms with van der Waals surface area (Å²) in [6.45, 7) is 1.55. The Balaban J connectivity index is 1.86. The van der Waals surface area contributed by atoms with E-state index in [1.807, 2.05) is 18.5 Å². The van der Waals surface area contributed by atoms with E-state index >= 15 is 0 Å². The van der Waals surface area contributed by atoms with Crippen LogP contribution in [0.3, 0.4) is 0 Å². The first-order chi connectivity index (χ1) is 9.38. The van der Waals surface area contributed by atoms with Gasteiger partial charge in [0.05, 0.1) is 0 Å². The minimum atomic E-state index is 0.587. The molecule has 2 N–H and O–H groups in total. The fourth-order valence-corrected chi connectivity index (χ4v) is 2.46. The largest absolute Gasteiger partial charge is 0.347 e. The van der Waals surface area contributed by atoms with Gasteiger partial charge in [-0.15, -0.1) is 0 Å². The summed E-state index contributed by atoms with van der Waals surface area (Å²) in [6, 6.07) is 12.6. The van der Waals surface area contributed by atoms with E-state index < -0.39 is 0 Å². The lowest BCUT2D eigenvalue weighted by molar-refractivity contribution is 0.721. The van der Waals surface area contributed by atoms with E-state index in [2.05, 4.69) is 46.1 Å². The molecule has 3 nitrogen and oxygen atoms in total. The normalized spacial score (nSPS) is 11.0. The third kappa shape index (κ3) is 2.37. The maximum Gasteiger partial charge on any atom is 0.0483 e. The standard InChI is InChI=1S/C16H17N3/c17-11-14-4-1-5-16-15(14)7-10-19(16)9-6-13-3-2-8-18-12-13/h1-5,7-8,10,12H,6,9,11,17H2. The molecule has 0 aliphatic carbocycles. The Morgan fingerprint density at radius 1 is 1.11 bits per heavy atom. The molecule has 0 aliphatic heterocycles. The Hall–Kier alpha value is -2.13. The number of aryl methyl sites for hydroxylation is 2. The molecule has 19 heavy (non-hydrogen) atoms. The van der Waals surface area contributed by atoms with Gasteiger partial charge in [0.15, 0.2) is 0 Å². The minimum absolute atomic E-state index is 0.587. The van der Waals surface area contributed by atoms with Crippen molar-refractivity contribution >= 4 is 10.9 Å². The molecule has 96 valence electrons. The first kappa shape index (κ1) is 11.9. The second-order valence-corrected chi connectivity index (χ2v) is 4.67. The van der Waals surface area contributed by atoms with Gasteiger partial charge in [0.25, 0.3) is 0 Å². The number of fused-ring (bicyclic) bond motifs is 1. The summed E-state index contributed by atoms with van der Waals surface area (Å²) in [5.41, 5.74) is 9.50. The van der Waals surface area contributed by atoms with Gasteiger partial charge in [-0.3, -0.25) is 4.98 Å². The van der Waals surface area contributed by atoms with E-state index in [1.54, 1.807) is 0 Å². The number of pyridine rings is 1. The number of hydrogen-bond acceptors (Lipinski definition) is 2. The summed E-state index contributed by atoms with van der Waals surface area (Å²) < 4.78 is 2.28. The maximum atomic E-state index is 5.77. The van der Waals surface area contributed by atoms with E-state index in [-0.39, 0.29) is 0 Å². The molecule has 3 aromatic rings. The van der Waals surface area contributed by atoms with Gasteiger partial charge in [-0.05, 0) is 35.7 Å². The van der Waals surface area contributed by atoms with Crippen molar-refractivity contribution in [1.82, 2.24) is 9.55 Å². The van der Waals surface area contributed by atoms with Gasteiger partial charge >= 0.3 is 0 Å². The fraction of sp³-hybridized carbons (Fsp3) is 0.188. The lowest BCUT2D eigenvalue weighted by Gasteiger charge is -2.06. The molecular formula is C16H17N3. The second-order valence-electron chi connectivity index (χ2n) is 4.67. The smallest absolute Gasteiger partial charge is 0.0483 e. The Morgan fingerprint density at radius 3 is 2.84 bits per heavy atom. The van der Waals surface area contributed by atoms with Crippen molar-refractivity contribution in [2.45, 2.75) is 19.5 Å². The van der Waals surface area contributed by atoms with Crippen LogP contribution < -0.4 is 5.73 Å². The maximum absolute atomic E-state index is 5.77. The molecule has 3 rings (SSSR count). The second kappa shape index (κ2) is 5.24. The van der Waals surface area contributed by atoms with Crippen LogP contribution in [0.2, 0.25) is 0 Å². The molecule has 1 aromatic carbocycles. The van der Waals surface area contributed by atoms with Crippen molar-refractivity contribution in [3.05, 3.63) is 66.1 Å². The highest BCUT2D eigenvalue weighted by Gasteiger charge is 2.04. The van der Waals surface area contributed by atoms with Crippen molar-refractivity contribution in [3.8, 4) is 0 Å². The quantitative estimate of drug-likeness (QED) is 0.775. The molecule has 0 amide bonds. The molecule has 0 radical (unpaired) electrons. The van der Waals surface area contributed by atoms with Crippen LogP contribution >= 0.6 is 0 Å². The zero-order valence-corrected chi connectivity index (χ0v) is 10.8. The van der Waals surface area contributed by atoms with Gasteiger partial charge in [0, 0.05) is 42.6 Å². The Kier molecular flexibility index (Phi) is 3.29. The highest BCUT2D eigenvalue weighted by Crippen LogP contribution is 2.20. The molecule has 0 saturated carbocycles. The molecule has 3 heteroatoms. The summed E-state index contributed by atoms with van der Waals surface area (Å²) in [5, 5.41) is 1.26. The first-order valence-corrected chi connectivity index (χ1v) is 6.54. The highest BCUT2D eigenvalue weighted by atomic mass is 14.9. The predicted octanol–water partition coefficient (Wildman–Crippen LogP) is 2.74. The average Bonchev–Trinajstić information content (AvgIpc) is 2.89. The number of nitrogens with two attached hydrogens (primary N) is 1. The van der Waals surface area contributed by atoms with E-state index in [4.69, 9.17) is 5.73 Å². The van der Waals surface area contributed by atoms with Crippen LogP contribution in [0.1, 0.15) is 11.1 Å². The highest BCUT2D eigenvalue weighted by molar-refractivity contribution is 5.83. The van der Waals surface area contributed by atoms with Crippen LogP contribution in [0.15, 0.2) is 55.0 Å². The molecule has 0 saturated heterocycles. The van der Waals surface area contributed by atoms with Crippen molar-refractivity contribution in [2.75, 3.05) is 0 Å². The molecule has 2 heterocycles. The van der Waals surface area contributed by atoms with Crippen molar-refractivity contribution in [2.24, 2.45) is 5.73 Å². The van der Waals surface area contributed by atoms with Crippen molar-refractivity contribution < 1.29 is 0 Å². The van der Waals surface area contributed by atoms with Gasteiger partial charge < -0.3 is 10.3 Å². The van der Waals surface area contributed by atoms with E-state index in [9.17, 15) is 0 Å². The average molecular weight is 251 g/mol. The monoisotopic (exact) mass is 251 g/mol. The Labute approximate surface area is 112 Å². The minimum Gasteiger partial charge on any atom is -0.347 e. The third-order valence-electron chi connectivity index (χ3n) is 3.49. The molecule has 0 spiro atoms. The lowest BCUT2D eigenvalue weighted by atomic mass is 10.1. The van der Waals surface area contributed by atoms with E-state index in [0.717, 1.165) is 13.0 Å². The van der Waals surface area contributed by atoms with Crippen LogP contribution in [-0.2, 0) is 19.5 Å². The van der Waals surface area contributed by atoms with Crippen molar-refractivity contribution in [3.63, 3.8) is 0 Å². The first-order valence-electron chi connectivity index (χ1n) is 6.54. The number of nitrogens with zero attached hydrogens (tertiary/aromatic N) is 2. The predicted molar refractivity (Wildman–Crippen MR) is 77.8 cm³/mol. The molecule has 2 aromatic heterocycles. The van der Waals surface area contributed by atoms with Crippen molar-refractivity contribution in [1.29, 1.82) is 0 Å². The van der Waals surface area contributed by atoms with Gasteiger partial charge in [-0.2, -0.15) is 0 Å². The van der Waals surface area contributed by atoms with E-state index in [0.29, 0.717) is 6.54 Å². The molecular weight excluding hydrogens is 234 g/mol. The Morgan fingerprint density at radius 2 is 2.05 bits per heavy atom. The number of aromatic nitrogens is 2. The summed E-state index contributed by atoms with van der Waals surface area (Å²) in [6.07, 6.45) is 6.86. The number of hydrogen-bond donors (Lipinski definition) is 1. The molecule has 0 unspecified atom stereocenters. The Bertz CT molecular complexity index is 671. The summed E-state index contributed by atoms with van der Waals surface area (Å²) >= 11 is 0. The van der Waals surface area contributed by atoms with Crippen LogP contribution in [-0.4, -0.2) is 9.55 Å². The number of rotatable bonds is 4. The van der Waals surface area contributed by atoms with E-state index in [1.165, 1.54) is 22.0 Å². The van der Waals surface area contributed by atoms with Gasteiger partial charge in [0.1, 0.15) is 0 Å². The molecule has 0 bridgehead atoms. The summed E-state index contributed by atoms with van der Waals surface area (Å²) in [5.74, 6) is 0. The van der Waals surface area contributed by atoms with Crippen LogP contribution in [0.4, 0.5) is 0 Å². The van der Waals surface area contributed by atoms with Gasteiger partial charge in [-0.25, -0.2) is 0 Å². The zero-order chi connectivity index (χ0) is 13.1. The van der Waals surface area contributed by atoms with Gasteiger partial charge in [0.2, 0.25) is 0 Å². The van der Waals surface area contributed by atoms with Crippen LogP contribution in [0.25, 0.3) is 10.9 Å². The topological polar surface area (TPSA) is 43.8 Å². The SMILES string of the molecule is NCc1cccc2c1ccn2CCc1cccnc1. The van der Waals surface area contributed by atoms with Gasteiger partial charge in [-0.1, -0.05) is 18.2 Å². The zero-order valence-electron chi connectivity index (χ0n) is 10.8. The summed E-state index contributed by atoms with van der Waals surface area (Å²) in [7, 11) is 0. The fourth-order valence-electron chi connectivity index (χ4n) is 2.46.